The number of H-pyrrole nitrogens is 1. The number of aromatic amines is 1. The summed E-state index contributed by atoms with van der Waals surface area (Å²) in [6, 6.07) is 3.20. The number of carbonyl (C=O) groups excluding carboxylic acids is 1. The summed E-state index contributed by atoms with van der Waals surface area (Å²) in [6.07, 6.45) is 0. The first-order valence-corrected chi connectivity index (χ1v) is 9.83. The predicted octanol–water partition coefficient (Wildman–Crippen LogP) is 4.60. The zero-order valence-corrected chi connectivity index (χ0v) is 16.4. The predicted molar refractivity (Wildman–Crippen MR) is 102 cm³/mol. The van der Waals surface area contributed by atoms with Crippen molar-refractivity contribution in [3.8, 4) is 0 Å². The van der Waals surface area contributed by atoms with E-state index in [1.807, 2.05) is 0 Å². The minimum atomic E-state index is -0.548. The van der Waals surface area contributed by atoms with E-state index < -0.39 is 22.9 Å². The third-order valence-electron chi connectivity index (χ3n) is 3.86. The minimum absolute atomic E-state index is 0.125. The highest BCUT2D eigenvalue weighted by molar-refractivity contribution is 7.99. The number of thiophene rings is 1. The molecule has 27 heavy (non-hydrogen) atoms. The molecule has 0 aliphatic carbocycles. The van der Waals surface area contributed by atoms with Crippen molar-refractivity contribution in [2.24, 2.45) is 0 Å². The maximum absolute atomic E-state index is 13.9. The Labute approximate surface area is 161 Å². The summed E-state index contributed by atoms with van der Waals surface area (Å²) in [5.41, 5.74) is 0.136. The van der Waals surface area contributed by atoms with Gasteiger partial charge in [0, 0.05) is 4.90 Å². The number of ether oxygens (including phenoxy) is 1. The number of benzene rings is 1. The lowest BCUT2D eigenvalue weighted by Crippen LogP contribution is -2.13. The van der Waals surface area contributed by atoms with Gasteiger partial charge in [0.25, 0.3) is 5.56 Å². The number of aromatic nitrogens is 2. The molecule has 0 unspecified atom stereocenters. The van der Waals surface area contributed by atoms with Gasteiger partial charge in [0.1, 0.15) is 27.2 Å². The summed E-state index contributed by atoms with van der Waals surface area (Å²) in [4.78, 5) is 32.5. The van der Waals surface area contributed by atoms with Gasteiger partial charge in [-0.25, -0.2) is 18.6 Å². The van der Waals surface area contributed by atoms with Crippen molar-refractivity contribution < 1.29 is 18.3 Å². The molecule has 0 amide bonds. The average molecular weight is 410 g/mol. The van der Waals surface area contributed by atoms with Crippen LogP contribution in [-0.2, 0) is 4.74 Å². The fraction of sp³-hybridized carbons (Fsp3) is 0.278. The third-order valence-corrected chi connectivity index (χ3v) is 6.17. The monoisotopic (exact) mass is 410 g/mol. The largest absolute Gasteiger partial charge is 0.462 e. The Balaban J connectivity index is 1.99. The van der Waals surface area contributed by atoms with Crippen molar-refractivity contribution in [2.75, 3.05) is 6.61 Å². The number of rotatable bonds is 5. The first kappa shape index (κ1) is 19.5. The van der Waals surface area contributed by atoms with Gasteiger partial charge >= 0.3 is 5.97 Å². The molecular weight excluding hydrogens is 394 g/mol. The van der Waals surface area contributed by atoms with Gasteiger partial charge in [-0.05, 0) is 44.5 Å². The van der Waals surface area contributed by atoms with E-state index in [1.54, 1.807) is 20.8 Å². The number of esters is 1. The molecule has 0 bridgehead atoms. The number of thioether (sulfide) groups is 1. The van der Waals surface area contributed by atoms with Crippen LogP contribution in [-0.4, -0.2) is 22.5 Å². The molecule has 3 rings (SSSR count). The molecule has 5 nitrogen and oxygen atoms in total. The van der Waals surface area contributed by atoms with Crippen molar-refractivity contribution in [3.05, 3.63) is 56.5 Å². The lowest BCUT2D eigenvalue weighted by Gasteiger charge is -2.11. The fourth-order valence-corrected chi connectivity index (χ4v) is 4.61. The van der Waals surface area contributed by atoms with Gasteiger partial charge in [-0.2, -0.15) is 0 Å². The topological polar surface area (TPSA) is 72.0 Å². The van der Waals surface area contributed by atoms with Crippen LogP contribution in [0.2, 0.25) is 0 Å². The number of carbonyl (C=O) groups is 1. The number of fused-ring (bicyclic) bond motifs is 1. The van der Waals surface area contributed by atoms with E-state index in [2.05, 4.69) is 9.97 Å². The van der Waals surface area contributed by atoms with Gasteiger partial charge in [-0.1, -0.05) is 0 Å². The summed E-state index contributed by atoms with van der Waals surface area (Å²) in [7, 11) is 0. The Morgan fingerprint density at radius 2 is 2.15 bits per heavy atom. The van der Waals surface area contributed by atoms with E-state index in [-0.39, 0.29) is 17.1 Å². The third kappa shape index (κ3) is 3.89. The normalized spacial score (nSPS) is 12.3. The van der Waals surface area contributed by atoms with E-state index in [0.717, 1.165) is 41.3 Å². The van der Waals surface area contributed by atoms with Crippen LogP contribution in [0.4, 0.5) is 8.78 Å². The Morgan fingerprint density at radius 3 is 2.85 bits per heavy atom. The van der Waals surface area contributed by atoms with Gasteiger partial charge in [-0.15, -0.1) is 23.1 Å². The van der Waals surface area contributed by atoms with E-state index in [1.165, 1.54) is 0 Å². The molecule has 0 aliphatic rings. The Hall–Kier alpha value is -2.26. The number of aryl methyl sites for hydroxylation is 1. The highest BCUT2D eigenvalue weighted by Gasteiger charge is 2.22. The lowest BCUT2D eigenvalue weighted by molar-refractivity contribution is 0.0531. The molecule has 0 radical (unpaired) electrons. The second-order valence-corrected chi connectivity index (χ2v) is 8.12. The number of hydrogen-bond acceptors (Lipinski definition) is 6. The first-order valence-electron chi connectivity index (χ1n) is 8.14. The highest BCUT2D eigenvalue weighted by atomic mass is 32.2. The van der Waals surface area contributed by atoms with Crippen molar-refractivity contribution in [3.63, 3.8) is 0 Å². The van der Waals surface area contributed by atoms with Crippen LogP contribution in [0.3, 0.4) is 0 Å². The van der Waals surface area contributed by atoms with Crippen LogP contribution in [0, 0.1) is 18.6 Å². The molecule has 1 atom stereocenters. The molecule has 0 spiro atoms. The van der Waals surface area contributed by atoms with Gasteiger partial charge < -0.3 is 9.72 Å². The number of hydrogen-bond donors (Lipinski definition) is 1. The van der Waals surface area contributed by atoms with Crippen molar-refractivity contribution in [1.29, 1.82) is 0 Å². The molecule has 0 saturated carbocycles. The Bertz CT molecular complexity index is 1080. The van der Waals surface area contributed by atoms with E-state index in [4.69, 9.17) is 4.74 Å². The fourth-order valence-electron chi connectivity index (χ4n) is 2.56. The second-order valence-electron chi connectivity index (χ2n) is 5.74. The minimum Gasteiger partial charge on any atom is -0.462 e. The number of nitrogens with zero attached hydrogens (tertiary/aromatic N) is 1. The maximum Gasteiger partial charge on any atom is 0.348 e. The maximum atomic E-state index is 13.9. The molecule has 0 aliphatic heterocycles. The second kappa shape index (κ2) is 7.77. The molecular formula is C18H16F2N2O3S2. The quantitative estimate of drug-likeness (QED) is 0.492. The van der Waals surface area contributed by atoms with E-state index in [9.17, 15) is 18.4 Å². The first-order chi connectivity index (χ1) is 12.8. The Kier molecular flexibility index (Phi) is 5.61. The molecule has 1 N–H and O–H groups in total. The summed E-state index contributed by atoms with van der Waals surface area (Å²) in [5, 5.41) is -0.104. The summed E-state index contributed by atoms with van der Waals surface area (Å²) in [6.45, 7) is 5.33. The molecule has 0 saturated heterocycles. The number of halogens is 2. The zero-order valence-electron chi connectivity index (χ0n) is 14.8. The van der Waals surface area contributed by atoms with Crippen LogP contribution in [0.15, 0.2) is 27.9 Å². The Morgan fingerprint density at radius 1 is 1.41 bits per heavy atom. The van der Waals surface area contributed by atoms with Gasteiger partial charge in [-0.3, -0.25) is 4.79 Å². The SMILES string of the molecule is CCOC(=O)c1sc2nc([C@@H](C)Sc3cc(F)ccc3F)[nH]c(=O)c2c1C. The summed E-state index contributed by atoms with van der Waals surface area (Å²) >= 11 is 2.13. The van der Waals surface area contributed by atoms with E-state index in [0.29, 0.717) is 26.5 Å². The van der Waals surface area contributed by atoms with Gasteiger partial charge in [0.2, 0.25) is 0 Å². The molecule has 3 aromatic rings. The van der Waals surface area contributed by atoms with Crippen LogP contribution >= 0.6 is 23.1 Å². The standard InChI is InChI=1S/C18H16F2N2O3S2/c1-4-25-18(24)14-8(2)13-16(23)21-15(22-17(13)27-14)9(3)26-12-7-10(19)5-6-11(12)20/h5-7,9H,4H2,1-3H3,(H,21,22,23)/t9-/m1/s1. The van der Waals surface area contributed by atoms with Crippen molar-refractivity contribution in [1.82, 2.24) is 9.97 Å². The van der Waals surface area contributed by atoms with Crippen LogP contribution in [0.1, 0.15) is 40.2 Å². The zero-order chi connectivity index (χ0) is 19.7. The van der Waals surface area contributed by atoms with Crippen LogP contribution in [0.5, 0.6) is 0 Å². The summed E-state index contributed by atoms with van der Waals surface area (Å²) in [5.74, 6) is -1.27. The lowest BCUT2D eigenvalue weighted by atomic mass is 10.2. The molecule has 9 heteroatoms. The van der Waals surface area contributed by atoms with Crippen LogP contribution < -0.4 is 5.56 Å². The molecule has 2 aromatic heterocycles. The average Bonchev–Trinajstić information content (AvgIpc) is 2.95. The number of nitrogens with one attached hydrogen (secondary N) is 1. The van der Waals surface area contributed by atoms with Crippen molar-refractivity contribution in [2.45, 2.75) is 30.9 Å². The molecule has 1 aromatic carbocycles. The van der Waals surface area contributed by atoms with Gasteiger partial charge in [0.05, 0.1) is 17.2 Å². The van der Waals surface area contributed by atoms with Gasteiger partial charge in [0.15, 0.2) is 0 Å². The smallest absolute Gasteiger partial charge is 0.348 e. The highest BCUT2D eigenvalue weighted by Crippen LogP contribution is 2.36. The van der Waals surface area contributed by atoms with Crippen molar-refractivity contribution >= 4 is 39.3 Å². The molecule has 2 heterocycles. The molecule has 0 fully saturated rings. The van der Waals surface area contributed by atoms with Crippen LogP contribution in [0.25, 0.3) is 10.2 Å². The van der Waals surface area contributed by atoms with E-state index >= 15 is 0 Å². The summed E-state index contributed by atoms with van der Waals surface area (Å²) < 4.78 is 32.2. The molecule has 142 valence electrons.